The SMILES string of the molecule is Cc1cc(C)c2nc(Nc3nc(-c4ccccc4C)cc(=O)[nH]3)nc(C)c2c1. The third-order valence-electron chi connectivity index (χ3n) is 4.72. The van der Waals surface area contributed by atoms with Crippen LogP contribution in [0.25, 0.3) is 22.2 Å². The van der Waals surface area contributed by atoms with Crippen LogP contribution in [0.2, 0.25) is 0 Å². The van der Waals surface area contributed by atoms with Crippen LogP contribution in [0.15, 0.2) is 47.3 Å². The Balaban J connectivity index is 1.78. The molecule has 2 heterocycles. The number of rotatable bonds is 3. The Morgan fingerprint density at radius 3 is 2.46 bits per heavy atom. The summed E-state index contributed by atoms with van der Waals surface area (Å²) in [5, 5.41) is 4.09. The van der Waals surface area contributed by atoms with E-state index in [1.165, 1.54) is 11.6 Å². The molecule has 0 aliphatic carbocycles. The van der Waals surface area contributed by atoms with Gasteiger partial charge in [-0.25, -0.2) is 15.0 Å². The Bertz CT molecular complexity index is 1260. The summed E-state index contributed by atoms with van der Waals surface area (Å²) in [5.74, 6) is 0.719. The maximum absolute atomic E-state index is 12.2. The summed E-state index contributed by atoms with van der Waals surface area (Å²) in [6, 6.07) is 13.5. The van der Waals surface area contributed by atoms with Gasteiger partial charge in [-0.05, 0) is 44.9 Å². The van der Waals surface area contributed by atoms with Gasteiger partial charge < -0.3 is 0 Å². The van der Waals surface area contributed by atoms with Gasteiger partial charge in [0.2, 0.25) is 11.9 Å². The lowest BCUT2D eigenvalue weighted by Gasteiger charge is -2.11. The second-order valence-electron chi connectivity index (χ2n) is 7.03. The average Bonchev–Trinajstić information content (AvgIpc) is 2.63. The van der Waals surface area contributed by atoms with Crippen LogP contribution >= 0.6 is 0 Å². The number of aromatic amines is 1. The molecule has 140 valence electrons. The van der Waals surface area contributed by atoms with Gasteiger partial charge in [-0.1, -0.05) is 35.9 Å². The van der Waals surface area contributed by atoms with Crippen LogP contribution < -0.4 is 10.9 Å². The molecule has 0 bridgehead atoms. The third kappa shape index (κ3) is 3.36. The molecule has 2 aromatic carbocycles. The van der Waals surface area contributed by atoms with Crippen molar-refractivity contribution in [3.05, 3.63) is 75.2 Å². The van der Waals surface area contributed by atoms with Crippen LogP contribution in [0, 0.1) is 27.7 Å². The lowest BCUT2D eigenvalue weighted by molar-refractivity contribution is 1.08. The molecule has 0 saturated carbocycles. The summed E-state index contributed by atoms with van der Waals surface area (Å²) in [6.07, 6.45) is 0. The molecule has 0 amide bonds. The second kappa shape index (κ2) is 6.88. The van der Waals surface area contributed by atoms with Crippen LogP contribution in [-0.2, 0) is 0 Å². The number of hydrogen-bond donors (Lipinski definition) is 2. The number of aromatic nitrogens is 4. The summed E-state index contributed by atoms with van der Waals surface area (Å²) in [7, 11) is 0. The third-order valence-corrected chi connectivity index (χ3v) is 4.72. The highest BCUT2D eigenvalue weighted by Gasteiger charge is 2.11. The molecule has 2 N–H and O–H groups in total. The summed E-state index contributed by atoms with van der Waals surface area (Å²) >= 11 is 0. The number of aryl methyl sites for hydroxylation is 4. The fraction of sp³-hybridized carbons (Fsp3) is 0.182. The normalized spacial score (nSPS) is 11.0. The maximum Gasteiger partial charge on any atom is 0.252 e. The van der Waals surface area contributed by atoms with Crippen LogP contribution in [0.4, 0.5) is 11.9 Å². The van der Waals surface area contributed by atoms with Crippen LogP contribution in [0.1, 0.15) is 22.4 Å². The number of benzene rings is 2. The van der Waals surface area contributed by atoms with E-state index in [-0.39, 0.29) is 5.56 Å². The molecule has 6 nitrogen and oxygen atoms in total. The molecular formula is C22H21N5O. The summed E-state index contributed by atoms with van der Waals surface area (Å²) in [4.78, 5) is 28.6. The van der Waals surface area contributed by atoms with E-state index in [4.69, 9.17) is 0 Å². The van der Waals surface area contributed by atoms with Gasteiger partial charge in [0.1, 0.15) is 0 Å². The minimum Gasteiger partial charge on any atom is -0.294 e. The Morgan fingerprint density at radius 2 is 1.68 bits per heavy atom. The first-order valence-electron chi connectivity index (χ1n) is 9.11. The molecule has 28 heavy (non-hydrogen) atoms. The Labute approximate surface area is 162 Å². The monoisotopic (exact) mass is 371 g/mol. The van der Waals surface area contributed by atoms with Gasteiger partial charge >= 0.3 is 0 Å². The van der Waals surface area contributed by atoms with E-state index in [0.29, 0.717) is 17.6 Å². The lowest BCUT2D eigenvalue weighted by atomic mass is 10.1. The highest BCUT2D eigenvalue weighted by atomic mass is 16.1. The van der Waals surface area contributed by atoms with Crippen molar-refractivity contribution in [1.29, 1.82) is 0 Å². The lowest BCUT2D eigenvalue weighted by Crippen LogP contribution is -2.12. The van der Waals surface area contributed by atoms with Gasteiger partial charge in [-0.2, -0.15) is 0 Å². The highest BCUT2D eigenvalue weighted by molar-refractivity contribution is 5.85. The first kappa shape index (κ1) is 17.9. The predicted octanol–water partition coefficient (Wildman–Crippen LogP) is 4.36. The molecule has 0 aliphatic rings. The second-order valence-corrected chi connectivity index (χ2v) is 7.03. The van der Waals surface area contributed by atoms with Gasteiger partial charge in [-0.3, -0.25) is 15.1 Å². The van der Waals surface area contributed by atoms with Gasteiger partial charge in [0.05, 0.1) is 16.9 Å². The molecule has 0 saturated heterocycles. The number of fused-ring (bicyclic) bond motifs is 1. The molecule has 0 aliphatic heterocycles. The van der Waals surface area contributed by atoms with Crippen LogP contribution in [-0.4, -0.2) is 19.9 Å². The molecular weight excluding hydrogens is 350 g/mol. The van der Waals surface area contributed by atoms with E-state index < -0.39 is 0 Å². The number of H-pyrrole nitrogens is 1. The van der Waals surface area contributed by atoms with Gasteiger partial charge in [0.15, 0.2) is 0 Å². The molecule has 0 unspecified atom stereocenters. The van der Waals surface area contributed by atoms with E-state index in [1.807, 2.05) is 45.0 Å². The Hall–Kier alpha value is -3.54. The summed E-state index contributed by atoms with van der Waals surface area (Å²) < 4.78 is 0. The van der Waals surface area contributed by atoms with Crippen LogP contribution in [0.5, 0.6) is 0 Å². The van der Waals surface area contributed by atoms with E-state index >= 15 is 0 Å². The minimum atomic E-state index is -0.236. The van der Waals surface area contributed by atoms with Crippen molar-refractivity contribution in [3.63, 3.8) is 0 Å². The zero-order chi connectivity index (χ0) is 19.8. The maximum atomic E-state index is 12.2. The highest BCUT2D eigenvalue weighted by Crippen LogP contribution is 2.24. The van der Waals surface area contributed by atoms with E-state index in [1.54, 1.807) is 0 Å². The molecule has 0 atom stereocenters. The van der Waals surface area contributed by atoms with Gasteiger partial charge in [0, 0.05) is 17.0 Å². The molecule has 0 radical (unpaired) electrons. The molecule has 0 spiro atoms. The topological polar surface area (TPSA) is 83.6 Å². The number of anilines is 2. The number of hydrogen-bond acceptors (Lipinski definition) is 5. The zero-order valence-corrected chi connectivity index (χ0v) is 16.3. The van der Waals surface area contributed by atoms with Crippen molar-refractivity contribution in [2.45, 2.75) is 27.7 Å². The Morgan fingerprint density at radius 1 is 0.893 bits per heavy atom. The first-order valence-corrected chi connectivity index (χ1v) is 9.11. The quantitative estimate of drug-likeness (QED) is 0.559. The predicted molar refractivity (Wildman–Crippen MR) is 112 cm³/mol. The van der Waals surface area contributed by atoms with Crippen molar-refractivity contribution in [2.24, 2.45) is 0 Å². The van der Waals surface area contributed by atoms with E-state index in [9.17, 15) is 4.79 Å². The Kier molecular flexibility index (Phi) is 4.39. The van der Waals surface area contributed by atoms with Gasteiger partial charge in [0.25, 0.3) is 5.56 Å². The number of nitrogens with zero attached hydrogens (tertiary/aromatic N) is 3. The smallest absolute Gasteiger partial charge is 0.252 e. The first-order chi connectivity index (χ1) is 13.4. The molecule has 4 aromatic rings. The molecule has 2 aromatic heterocycles. The summed E-state index contributed by atoms with van der Waals surface area (Å²) in [6.45, 7) is 8.04. The van der Waals surface area contributed by atoms with Crippen molar-refractivity contribution in [3.8, 4) is 11.3 Å². The fourth-order valence-corrected chi connectivity index (χ4v) is 3.41. The van der Waals surface area contributed by atoms with Crippen molar-refractivity contribution in [2.75, 3.05) is 5.32 Å². The molecule has 0 fully saturated rings. The van der Waals surface area contributed by atoms with Crippen molar-refractivity contribution < 1.29 is 0 Å². The fourth-order valence-electron chi connectivity index (χ4n) is 3.41. The molecule has 6 heteroatoms. The number of nitrogens with one attached hydrogen (secondary N) is 2. The van der Waals surface area contributed by atoms with E-state index in [0.717, 1.165) is 33.3 Å². The van der Waals surface area contributed by atoms with Gasteiger partial charge in [-0.15, -0.1) is 0 Å². The van der Waals surface area contributed by atoms with Crippen molar-refractivity contribution in [1.82, 2.24) is 19.9 Å². The zero-order valence-electron chi connectivity index (χ0n) is 16.3. The average molecular weight is 371 g/mol. The van der Waals surface area contributed by atoms with E-state index in [2.05, 4.69) is 44.3 Å². The minimum absolute atomic E-state index is 0.236. The summed E-state index contributed by atoms with van der Waals surface area (Å²) in [5.41, 5.74) is 6.35. The molecule has 4 rings (SSSR count). The largest absolute Gasteiger partial charge is 0.294 e. The van der Waals surface area contributed by atoms with Crippen molar-refractivity contribution >= 4 is 22.8 Å². The van der Waals surface area contributed by atoms with Crippen LogP contribution in [0.3, 0.4) is 0 Å². The standard InChI is InChI=1S/C22H21N5O/c1-12-9-14(3)20-17(10-12)15(4)23-21(26-20)27-22-24-18(11-19(28)25-22)16-8-6-5-7-13(16)2/h5-11H,1-4H3,(H2,23,24,25,26,27,28).